The summed E-state index contributed by atoms with van der Waals surface area (Å²) in [5.41, 5.74) is 1.26. The Labute approximate surface area is 138 Å². The highest BCUT2D eigenvalue weighted by Crippen LogP contribution is 2.17. The topological polar surface area (TPSA) is 69.7 Å². The van der Waals surface area contributed by atoms with E-state index in [-0.39, 0.29) is 11.7 Å². The molecule has 0 unspecified atom stereocenters. The summed E-state index contributed by atoms with van der Waals surface area (Å²) >= 11 is 0. The van der Waals surface area contributed by atoms with Crippen molar-refractivity contribution in [3.63, 3.8) is 0 Å². The second kappa shape index (κ2) is 7.90. The average Bonchev–Trinajstić information content (AvgIpc) is 3.02. The monoisotopic (exact) mass is 339 g/mol. The molecular weight excluding hydrogens is 314 g/mol. The average molecular weight is 339 g/mol. The van der Waals surface area contributed by atoms with Gasteiger partial charge < -0.3 is 10.2 Å². The van der Waals surface area contributed by atoms with Gasteiger partial charge in [0, 0.05) is 31.7 Å². The first-order valence-electron chi connectivity index (χ1n) is 7.88. The standard InChI is InChI=1S/C16H25N3O3S/c1-18(2)12-9-17-16(20)15-7-5-14(6-8-15)13-23(21,22)19-10-3-4-11-19/h5-8H,3-4,9-13H2,1-2H3,(H,17,20). The maximum atomic E-state index is 12.3. The molecule has 23 heavy (non-hydrogen) atoms. The van der Waals surface area contributed by atoms with Crippen LogP contribution in [-0.2, 0) is 15.8 Å². The molecule has 1 aliphatic rings. The number of hydrogen-bond donors (Lipinski definition) is 1. The van der Waals surface area contributed by atoms with Gasteiger partial charge in [0.15, 0.2) is 0 Å². The summed E-state index contributed by atoms with van der Waals surface area (Å²) in [7, 11) is 0.650. The molecule has 1 amide bonds. The molecule has 0 atom stereocenters. The third kappa shape index (κ3) is 5.30. The molecule has 0 aromatic heterocycles. The van der Waals surface area contributed by atoms with Crippen LogP contribution in [-0.4, -0.2) is 63.8 Å². The molecule has 1 aliphatic heterocycles. The van der Waals surface area contributed by atoms with Crippen molar-refractivity contribution in [3.8, 4) is 0 Å². The highest BCUT2D eigenvalue weighted by atomic mass is 32.2. The molecule has 1 aromatic carbocycles. The van der Waals surface area contributed by atoms with E-state index in [4.69, 9.17) is 0 Å². The molecule has 1 saturated heterocycles. The molecule has 1 heterocycles. The first-order chi connectivity index (χ1) is 10.9. The second-order valence-corrected chi connectivity index (χ2v) is 8.09. The smallest absolute Gasteiger partial charge is 0.251 e. The lowest BCUT2D eigenvalue weighted by Crippen LogP contribution is -2.31. The predicted molar refractivity (Wildman–Crippen MR) is 90.8 cm³/mol. The first kappa shape index (κ1) is 17.9. The molecule has 0 radical (unpaired) electrons. The van der Waals surface area contributed by atoms with Crippen LogP contribution in [0.3, 0.4) is 0 Å². The Morgan fingerprint density at radius 1 is 1.17 bits per heavy atom. The minimum Gasteiger partial charge on any atom is -0.351 e. The van der Waals surface area contributed by atoms with E-state index in [0.29, 0.717) is 30.8 Å². The molecule has 1 fully saturated rings. The van der Waals surface area contributed by atoms with Crippen LogP contribution in [0, 0.1) is 0 Å². The number of carbonyl (C=O) groups excluding carboxylic acids is 1. The summed E-state index contributed by atoms with van der Waals surface area (Å²) in [6.45, 7) is 2.60. The van der Waals surface area contributed by atoms with Gasteiger partial charge in [-0.1, -0.05) is 12.1 Å². The van der Waals surface area contributed by atoms with Crippen molar-refractivity contribution in [2.24, 2.45) is 0 Å². The van der Waals surface area contributed by atoms with Gasteiger partial charge in [-0.15, -0.1) is 0 Å². The van der Waals surface area contributed by atoms with Crippen LogP contribution in [0.15, 0.2) is 24.3 Å². The summed E-state index contributed by atoms with van der Waals surface area (Å²) < 4.78 is 26.1. The zero-order valence-corrected chi connectivity index (χ0v) is 14.6. The van der Waals surface area contributed by atoms with E-state index in [1.165, 1.54) is 0 Å². The maximum absolute atomic E-state index is 12.3. The first-order valence-corrected chi connectivity index (χ1v) is 9.49. The van der Waals surface area contributed by atoms with E-state index in [9.17, 15) is 13.2 Å². The number of nitrogens with one attached hydrogen (secondary N) is 1. The van der Waals surface area contributed by atoms with Crippen molar-refractivity contribution >= 4 is 15.9 Å². The Morgan fingerprint density at radius 2 is 1.78 bits per heavy atom. The Morgan fingerprint density at radius 3 is 2.35 bits per heavy atom. The Balaban J connectivity index is 1.92. The highest BCUT2D eigenvalue weighted by Gasteiger charge is 2.25. The summed E-state index contributed by atoms with van der Waals surface area (Å²) in [5, 5.41) is 2.84. The van der Waals surface area contributed by atoms with Crippen LogP contribution in [0.25, 0.3) is 0 Å². The van der Waals surface area contributed by atoms with Crippen LogP contribution < -0.4 is 5.32 Å². The van der Waals surface area contributed by atoms with Gasteiger partial charge in [-0.25, -0.2) is 12.7 Å². The van der Waals surface area contributed by atoms with E-state index in [0.717, 1.165) is 19.4 Å². The maximum Gasteiger partial charge on any atom is 0.251 e. The molecular formula is C16H25N3O3S. The molecule has 0 saturated carbocycles. The molecule has 1 aromatic rings. The lowest BCUT2D eigenvalue weighted by molar-refractivity contribution is 0.0951. The zero-order chi connectivity index (χ0) is 16.9. The SMILES string of the molecule is CN(C)CCNC(=O)c1ccc(CS(=O)(=O)N2CCCC2)cc1. The second-order valence-electron chi connectivity index (χ2n) is 6.12. The van der Waals surface area contributed by atoms with Crippen LogP contribution in [0.4, 0.5) is 0 Å². The number of nitrogens with zero attached hydrogens (tertiary/aromatic N) is 2. The van der Waals surface area contributed by atoms with E-state index in [1.54, 1.807) is 28.6 Å². The number of likely N-dealkylation sites (N-methyl/N-ethyl adjacent to an activating group) is 1. The van der Waals surface area contributed by atoms with Crippen LogP contribution in [0.1, 0.15) is 28.8 Å². The van der Waals surface area contributed by atoms with Gasteiger partial charge >= 0.3 is 0 Å². The van der Waals surface area contributed by atoms with E-state index in [2.05, 4.69) is 5.32 Å². The lowest BCUT2D eigenvalue weighted by atomic mass is 10.1. The van der Waals surface area contributed by atoms with Crippen molar-refractivity contribution in [2.75, 3.05) is 40.3 Å². The minimum absolute atomic E-state index is 0.00444. The molecule has 7 heteroatoms. The van der Waals surface area contributed by atoms with Crippen molar-refractivity contribution in [2.45, 2.75) is 18.6 Å². The van der Waals surface area contributed by atoms with Crippen molar-refractivity contribution in [1.29, 1.82) is 0 Å². The Hall–Kier alpha value is -1.44. The van der Waals surface area contributed by atoms with Gasteiger partial charge in [-0.2, -0.15) is 0 Å². The highest BCUT2D eigenvalue weighted by molar-refractivity contribution is 7.88. The molecule has 2 rings (SSSR count). The van der Waals surface area contributed by atoms with Crippen molar-refractivity contribution in [3.05, 3.63) is 35.4 Å². The largest absolute Gasteiger partial charge is 0.351 e. The number of rotatable bonds is 7. The van der Waals surface area contributed by atoms with Gasteiger partial charge in [0.05, 0.1) is 5.75 Å². The van der Waals surface area contributed by atoms with E-state index >= 15 is 0 Å². The summed E-state index contributed by atoms with van der Waals surface area (Å²) in [5.74, 6) is -0.143. The number of amides is 1. The van der Waals surface area contributed by atoms with Gasteiger partial charge in [0.25, 0.3) is 5.91 Å². The van der Waals surface area contributed by atoms with Crippen LogP contribution in [0.5, 0.6) is 0 Å². The molecule has 0 spiro atoms. The zero-order valence-electron chi connectivity index (χ0n) is 13.8. The Kier molecular flexibility index (Phi) is 6.15. The predicted octanol–water partition coefficient (Wildman–Crippen LogP) is 0.904. The lowest BCUT2D eigenvalue weighted by Gasteiger charge is -2.15. The third-order valence-corrected chi connectivity index (χ3v) is 5.72. The van der Waals surface area contributed by atoms with E-state index < -0.39 is 10.0 Å². The number of carbonyl (C=O) groups is 1. The molecule has 6 nitrogen and oxygen atoms in total. The Bertz CT molecular complexity index is 620. The summed E-state index contributed by atoms with van der Waals surface area (Å²) in [6.07, 6.45) is 1.87. The quantitative estimate of drug-likeness (QED) is 0.801. The van der Waals surface area contributed by atoms with Gasteiger partial charge in [0.2, 0.25) is 10.0 Å². The number of sulfonamides is 1. The summed E-state index contributed by atoms with van der Waals surface area (Å²) in [4.78, 5) is 14.0. The fraction of sp³-hybridized carbons (Fsp3) is 0.562. The third-order valence-electron chi connectivity index (χ3n) is 3.87. The van der Waals surface area contributed by atoms with Gasteiger partial charge in [0.1, 0.15) is 0 Å². The minimum atomic E-state index is -3.24. The van der Waals surface area contributed by atoms with Gasteiger partial charge in [-0.05, 0) is 44.6 Å². The molecule has 0 aliphatic carbocycles. The van der Waals surface area contributed by atoms with Crippen molar-refractivity contribution < 1.29 is 13.2 Å². The number of benzene rings is 1. The normalized spacial score (nSPS) is 16.0. The van der Waals surface area contributed by atoms with Gasteiger partial charge in [-0.3, -0.25) is 4.79 Å². The molecule has 128 valence electrons. The van der Waals surface area contributed by atoms with Crippen LogP contribution in [0.2, 0.25) is 0 Å². The number of hydrogen-bond acceptors (Lipinski definition) is 4. The van der Waals surface area contributed by atoms with Crippen molar-refractivity contribution in [1.82, 2.24) is 14.5 Å². The molecule has 1 N–H and O–H groups in total. The fourth-order valence-electron chi connectivity index (χ4n) is 2.52. The van der Waals surface area contributed by atoms with E-state index in [1.807, 2.05) is 19.0 Å². The molecule has 0 bridgehead atoms. The van der Waals surface area contributed by atoms with Crippen LogP contribution >= 0.6 is 0 Å². The fourth-order valence-corrected chi connectivity index (χ4v) is 4.13. The summed E-state index contributed by atoms with van der Waals surface area (Å²) in [6, 6.07) is 6.79.